The molecule has 1 fully saturated rings. The Balaban J connectivity index is 1.64. The molecule has 0 unspecified atom stereocenters. The summed E-state index contributed by atoms with van der Waals surface area (Å²) in [6.07, 6.45) is 4.47. The van der Waals surface area contributed by atoms with Gasteiger partial charge in [0.15, 0.2) is 0 Å². The standard InChI is InChI=1S/C17H23N3O2/c1-10(2)19-17(21)22-15-5-4-12(8-15)14-7-13-6-11(3)20-16(13)18-9-14/h6-7,9-10,12,15H,4-5,8H2,1-3H3,(H,18,20)(H,19,21)/t12-,15+/m0/s1. The van der Waals surface area contributed by atoms with E-state index in [1.165, 1.54) is 5.56 Å². The molecular formula is C17H23N3O2. The molecule has 2 aromatic heterocycles. The van der Waals surface area contributed by atoms with Gasteiger partial charge in [0.2, 0.25) is 0 Å². The van der Waals surface area contributed by atoms with Crippen LogP contribution in [0.3, 0.4) is 0 Å². The van der Waals surface area contributed by atoms with Crippen molar-refractivity contribution in [2.24, 2.45) is 0 Å². The summed E-state index contributed by atoms with van der Waals surface area (Å²) in [5, 5.41) is 3.92. The molecular weight excluding hydrogens is 278 g/mol. The van der Waals surface area contributed by atoms with Crippen LogP contribution in [-0.2, 0) is 4.74 Å². The van der Waals surface area contributed by atoms with Crippen molar-refractivity contribution in [2.45, 2.75) is 58.1 Å². The molecule has 0 aliphatic heterocycles. The zero-order valence-corrected chi connectivity index (χ0v) is 13.3. The van der Waals surface area contributed by atoms with Crippen LogP contribution in [0.25, 0.3) is 11.0 Å². The molecule has 0 saturated heterocycles. The highest BCUT2D eigenvalue weighted by molar-refractivity contribution is 5.77. The van der Waals surface area contributed by atoms with E-state index in [4.69, 9.17) is 4.74 Å². The highest BCUT2D eigenvalue weighted by Gasteiger charge is 2.29. The first-order valence-corrected chi connectivity index (χ1v) is 7.93. The van der Waals surface area contributed by atoms with Gasteiger partial charge in [0.05, 0.1) is 0 Å². The van der Waals surface area contributed by atoms with Gasteiger partial charge in [0, 0.05) is 23.3 Å². The van der Waals surface area contributed by atoms with Crippen LogP contribution in [0, 0.1) is 6.92 Å². The normalized spacial score (nSPS) is 21.5. The molecule has 118 valence electrons. The molecule has 1 aliphatic rings. The summed E-state index contributed by atoms with van der Waals surface area (Å²) in [5.41, 5.74) is 3.29. The monoisotopic (exact) mass is 301 g/mol. The number of fused-ring (bicyclic) bond motifs is 1. The minimum atomic E-state index is -0.310. The zero-order valence-electron chi connectivity index (χ0n) is 13.3. The second-order valence-corrected chi connectivity index (χ2v) is 6.50. The SMILES string of the molecule is Cc1cc2cc([C@H]3CC[C@@H](OC(=O)NC(C)C)C3)cnc2[nH]1. The summed E-state index contributed by atoms with van der Waals surface area (Å²) < 4.78 is 5.49. The lowest BCUT2D eigenvalue weighted by molar-refractivity contribution is 0.0982. The predicted octanol–water partition coefficient (Wildman–Crippen LogP) is 3.64. The number of hydrogen-bond donors (Lipinski definition) is 2. The zero-order chi connectivity index (χ0) is 15.7. The number of nitrogens with zero attached hydrogens (tertiary/aromatic N) is 1. The fourth-order valence-corrected chi connectivity index (χ4v) is 3.16. The van der Waals surface area contributed by atoms with Gasteiger partial charge < -0.3 is 15.0 Å². The molecule has 1 saturated carbocycles. The summed E-state index contributed by atoms with van der Waals surface area (Å²) in [7, 11) is 0. The van der Waals surface area contributed by atoms with Crippen LogP contribution in [0.2, 0.25) is 0 Å². The molecule has 1 aliphatic carbocycles. The van der Waals surface area contributed by atoms with Crippen molar-refractivity contribution in [3.63, 3.8) is 0 Å². The molecule has 5 heteroatoms. The lowest BCUT2D eigenvalue weighted by Crippen LogP contribution is -2.33. The van der Waals surface area contributed by atoms with Crippen molar-refractivity contribution < 1.29 is 9.53 Å². The van der Waals surface area contributed by atoms with Gasteiger partial charge in [-0.3, -0.25) is 0 Å². The summed E-state index contributed by atoms with van der Waals surface area (Å²) in [4.78, 5) is 19.4. The minimum absolute atomic E-state index is 0.00686. The van der Waals surface area contributed by atoms with E-state index in [9.17, 15) is 4.79 Å². The van der Waals surface area contributed by atoms with Gasteiger partial charge in [-0.15, -0.1) is 0 Å². The van der Waals surface area contributed by atoms with Crippen molar-refractivity contribution in [2.75, 3.05) is 0 Å². The molecule has 5 nitrogen and oxygen atoms in total. The lowest BCUT2D eigenvalue weighted by Gasteiger charge is -2.15. The molecule has 0 aromatic carbocycles. The maximum absolute atomic E-state index is 11.7. The van der Waals surface area contributed by atoms with Gasteiger partial charge in [-0.05, 0) is 63.6 Å². The number of aromatic amines is 1. The van der Waals surface area contributed by atoms with E-state index in [2.05, 4.69) is 27.4 Å². The van der Waals surface area contributed by atoms with Gasteiger partial charge >= 0.3 is 6.09 Å². The minimum Gasteiger partial charge on any atom is -0.446 e. The third-order valence-corrected chi connectivity index (χ3v) is 4.16. The van der Waals surface area contributed by atoms with Crippen molar-refractivity contribution in [1.29, 1.82) is 0 Å². The molecule has 0 spiro atoms. The highest BCUT2D eigenvalue weighted by atomic mass is 16.6. The molecule has 1 amide bonds. The van der Waals surface area contributed by atoms with Crippen molar-refractivity contribution in [3.8, 4) is 0 Å². The van der Waals surface area contributed by atoms with E-state index in [1.807, 2.05) is 27.0 Å². The Labute approximate surface area is 130 Å². The maximum atomic E-state index is 11.7. The first-order chi connectivity index (χ1) is 10.5. The number of carbonyl (C=O) groups is 1. The van der Waals surface area contributed by atoms with E-state index < -0.39 is 0 Å². The number of amides is 1. The largest absolute Gasteiger partial charge is 0.446 e. The quantitative estimate of drug-likeness (QED) is 0.909. The van der Waals surface area contributed by atoms with Crippen LogP contribution >= 0.6 is 0 Å². The summed E-state index contributed by atoms with van der Waals surface area (Å²) >= 11 is 0. The first-order valence-electron chi connectivity index (χ1n) is 7.93. The number of hydrogen-bond acceptors (Lipinski definition) is 3. The van der Waals surface area contributed by atoms with Crippen LogP contribution < -0.4 is 5.32 Å². The summed E-state index contributed by atoms with van der Waals surface area (Å²) in [5.74, 6) is 0.420. The Morgan fingerprint density at radius 1 is 1.41 bits per heavy atom. The molecule has 0 bridgehead atoms. The summed E-state index contributed by atoms with van der Waals surface area (Å²) in [6, 6.07) is 4.42. The number of alkyl carbamates (subject to hydrolysis) is 1. The molecule has 3 rings (SSSR count). The molecule has 2 aromatic rings. The second-order valence-electron chi connectivity index (χ2n) is 6.50. The smallest absolute Gasteiger partial charge is 0.407 e. The van der Waals surface area contributed by atoms with E-state index in [0.717, 1.165) is 36.0 Å². The third-order valence-electron chi connectivity index (χ3n) is 4.16. The van der Waals surface area contributed by atoms with E-state index in [1.54, 1.807) is 0 Å². The maximum Gasteiger partial charge on any atom is 0.407 e. The van der Waals surface area contributed by atoms with Crippen LogP contribution in [0.1, 0.15) is 50.3 Å². The fourth-order valence-electron chi connectivity index (χ4n) is 3.16. The Morgan fingerprint density at radius 2 is 2.23 bits per heavy atom. The number of pyridine rings is 1. The number of carbonyl (C=O) groups excluding carboxylic acids is 1. The highest BCUT2D eigenvalue weighted by Crippen LogP contribution is 2.36. The van der Waals surface area contributed by atoms with Gasteiger partial charge in [0.25, 0.3) is 0 Å². The van der Waals surface area contributed by atoms with E-state index >= 15 is 0 Å². The number of H-pyrrole nitrogens is 1. The van der Waals surface area contributed by atoms with Crippen LogP contribution in [0.4, 0.5) is 4.79 Å². The van der Waals surface area contributed by atoms with Crippen molar-refractivity contribution in [1.82, 2.24) is 15.3 Å². The van der Waals surface area contributed by atoms with Gasteiger partial charge in [0.1, 0.15) is 11.8 Å². The van der Waals surface area contributed by atoms with Crippen LogP contribution in [-0.4, -0.2) is 28.2 Å². The molecule has 2 heterocycles. The average Bonchev–Trinajstić information content (AvgIpc) is 3.01. The molecule has 22 heavy (non-hydrogen) atoms. The Morgan fingerprint density at radius 3 is 3.00 bits per heavy atom. The Bertz CT molecular complexity index is 678. The average molecular weight is 301 g/mol. The number of ether oxygens (including phenoxy) is 1. The third kappa shape index (κ3) is 3.24. The summed E-state index contributed by atoms with van der Waals surface area (Å²) in [6.45, 7) is 5.89. The van der Waals surface area contributed by atoms with Crippen LogP contribution in [0.5, 0.6) is 0 Å². The van der Waals surface area contributed by atoms with Crippen molar-refractivity contribution in [3.05, 3.63) is 29.6 Å². The first kappa shape index (κ1) is 14.9. The Kier molecular flexibility index (Phi) is 4.05. The molecule has 2 N–H and O–H groups in total. The Hall–Kier alpha value is -2.04. The van der Waals surface area contributed by atoms with Gasteiger partial charge in [-0.2, -0.15) is 0 Å². The van der Waals surface area contributed by atoms with Crippen molar-refractivity contribution >= 4 is 17.1 Å². The van der Waals surface area contributed by atoms with Gasteiger partial charge in [-0.25, -0.2) is 9.78 Å². The molecule has 0 radical (unpaired) electrons. The molecule has 2 atom stereocenters. The number of aromatic nitrogens is 2. The fraction of sp³-hybridized carbons (Fsp3) is 0.529. The predicted molar refractivity (Wildman–Crippen MR) is 86.0 cm³/mol. The number of rotatable bonds is 3. The second kappa shape index (κ2) is 5.99. The number of aryl methyl sites for hydroxylation is 1. The van der Waals surface area contributed by atoms with Gasteiger partial charge in [-0.1, -0.05) is 0 Å². The number of nitrogens with one attached hydrogen (secondary N) is 2. The van der Waals surface area contributed by atoms with Crippen LogP contribution in [0.15, 0.2) is 18.3 Å². The topological polar surface area (TPSA) is 67.0 Å². The lowest BCUT2D eigenvalue weighted by atomic mass is 9.99. The van der Waals surface area contributed by atoms with E-state index in [0.29, 0.717) is 5.92 Å². The van der Waals surface area contributed by atoms with E-state index in [-0.39, 0.29) is 18.2 Å².